The number of carbonyl (C=O) groups is 1. The lowest BCUT2D eigenvalue weighted by Crippen LogP contribution is -2.43. The van der Waals surface area contributed by atoms with E-state index in [0.717, 1.165) is 30.4 Å². The Balaban J connectivity index is 1.60. The molecule has 1 aromatic carbocycles. The van der Waals surface area contributed by atoms with E-state index in [2.05, 4.69) is 17.2 Å². The zero-order valence-electron chi connectivity index (χ0n) is 15.4. The lowest BCUT2D eigenvalue weighted by atomic mass is 9.86. The standard InChI is InChI=1S/C21H23N3O2S/c1-14-7-5-6-10-17(14)23-18(25)11-24-13-22-20-19(21(24)26)16(12-27-20)15-8-3-2-4-9-15/h2-4,8-9,12-14,17H,5-7,10-11H2,1H3,(H,23,25)/t14-,17+/m1/s1. The maximum absolute atomic E-state index is 13.0. The van der Waals surface area contributed by atoms with E-state index in [1.54, 1.807) is 0 Å². The lowest BCUT2D eigenvalue weighted by molar-refractivity contribution is -0.123. The van der Waals surface area contributed by atoms with E-state index in [1.165, 1.54) is 28.7 Å². The number of carbonyl (C=O) groups excluding carboxylic acids is 1. The van der Waals surface area contributed by atoms with Gasteiger partial charge in [0.25, 0.3) is 5.56 Å². The molecule has 2 aromatic heterocycles. The van der Waals surface area contributed by atoms with Crippen LogP contribution in [0.2, 0.25) is 0 Å². The van der Waals surface area contributed by atoms with Crippen LogP contribution in [0.25, 0.3) is 21.3 Å². The Kier molecular flexibility index (Phi) is 5.07. The normalized spacial score (nSPS) is 19.9. The van der Waals surface area contributed by atoms with Crippen molar-refractivity contribution in [2.24, 2.45) is 5.92 Å². The number of hydrogen-bond acceptors (Lipinski definition) is 4. The van der Waals surface area contributed by atoms with Crippen molar-refractivity contribution < 1.29 is 4.79 Å². The van der Waals surface area contributed by atoms with Crippen LogP contribution in [0.4, 0.5) is 0 Å². The minimum Gasteiger partial charge on any atom is -0.352 e. The maximum Gasteiger partial charge on any atom is 0.263 e. The first kappa shape index (κ1) is 17.9. The van der Waals surface area contributed by atoms with Crippen LogP contribution < -0.4 is 10.9 Å². The molecule has 1 N–H and O–H groups in total. The number of aromatic nitrogens is 2. The largest absolute Gasteiger partial charge is 0.352 e. The molecule has 0 spiro atoms. The minimum atomic E-state index is -0.160. The van der Waals surface area contributed by atoms with E-state index in [0.29, 0.717) is 16.1 Å². The van der Waals surface area contributed by atoms with Gasteiger partial charge in [-0.2, -0.15) is 0 Å². The molecule has 1 saturated carbocycles. The second kappa shape index (κ2) is 7.64. The van der Waals surface area contributed by atoms with Crippen molar-refractivity contribution in [3.8, 4) is 11.1 Å². The van der Waals surface area contributed by atoms with E-state index in [4.69, 9.17) is 0 Å². The number of amides is 1. The second-order valence-electron chi connectivity index (χ2n) is 7.31. The average molecular weight is 382 g/mol. The van der Waals surface area contributed by atoms with Crippen LogP contribution >= 0.6 is 11.3 Å². The molecule has 4 rings (SSSR count). The molecule has 0 radical (unpaired) electrons. The zero-order valence-corrected chi connectivity index (χ0v) is 16.2. The summed E-state index contributed by atoms with van der Waals surface area (Å²) in [5.74, 6) is 0.370. The fourth-order valence-corrected chi connectivity index (χ4v) is 4.75. The summed E-state index contributed by atoms with van der Waals surface area (Å²) in [7, 11) is 0. The third-order valence-electron chi connectivity index (χ3n) is 5.42. The van der Waals surface area contributed by atoms with Crippen LogP contribution in [0.5, 0.6) is 0 Å². The molecule has 5 nitrogen and oxygen atoms in total. The Morgan fingerprint density at radius 1 is 1.26 bits per heavy atom. The smallest absolute Gasteiger partial charge is 0.263 e. The molecule has 1 aliphatic rings. The number of nitrogens with one attached hydrogen (secondary N) is 1. The molecule has 1 amide bonds. The predicted octanol–water partition coefficient (Wildman–Crippen LogP) is 3.82. The molecular formula is C21H23N3O2S. The van der Waals surface area contributed by atoms with Crippen LogP contribution in [0.1, 0.15) is 32.6 Å². The Hall–Kier alpha value is -2.47. The first-order valence-corrected chi connectivity index (χ1v) is 10.3. The maximum atomic E-state index is 13.0. The first-order chi connectivity index (χ1) is 13.1. The molecule has 0 saturated heterocycles. The fraction of sp³-hybridized carbons (Fsp3) is 0.381. The Morgan fingerprint density at radius 3 is 2.81 bits per heavy atom. The average Bonchev–Trinajstić information content (AvgIpc) is 3.11. The summed E-state index contributed by atoms with van der Waals surface area (Å²) >= 11 is 1.45. The molecule has 6 heteroatoms. The summed E-state index contributed by atoms with van der Waals surface area (Å²) in [5.41, 5.74) is 1.71. The minimum absolute atomic E-state index is 0.00900. The molecule has 0 unspecified atom stereocenters. The summed E-state index contributed by atoms with van der Waals surface area (Å²) < 4.78 is 1.42. The van der Waals surface area contributed by atoms with Gasteiger partial charge in [-0.3, -0.25) is 14.2 Å². The summed E-state index contributed by atoms with van der Waals surface area (Å²) in [5, 5.41) is 5.66. The van der Waals surface area contributed by atoms with E-state index in [-0.39, 0.29) is 24.1 Å². The van der Waals surface area contributed by atoms with Crippen LogP contribution in [-0.4, -0.2) is 21.5 Å². The topological polar surface area (TPSA) is 64.0 Å². The molecule has 2 atom stereocenters. The molecule has 140 valence electrons. The van der Waals surface area contributed by atoms with Gasteiger partial charge in [0.05, 0.1) is 11.7 Å². The van der Waals surface area contributed by atoms with Crippen molar-refractivity contribution in [3.05, 3.63) is 52.4 Å². The number of fused-ring (bicyclic) bond motifs is 1. The first-order valence-electron chi connectivity index (χ1n) is 9.45. The molecule has 0 aliphatic heterocycles. The molecular weight excluding hydrogens is 358 g/mol. The lowest BCUT2D eigenvalue weighted by Gasteiger charge is -2.29. The third-order valence-corrected chi connectivity index (χ3v) is 6.30. The van der Waals surface area contributed by atoms with Gasteiger partial charge in [-0.1, -0.05) is 50.1 Å². The van der Waals surface area contributed by atoms with Gasteiger partial charge < -0.3 is 5.32 Å². The highest BCUT2D eigenvalue weighted by molar-refractivity contribution is 7.17. The zero-order chi connectivity index (χ0) is 18.8. The number of thiophene rings is 1. The number of nitrogens with zero attached hydrogens (tertiary/aromatic N) is 2. The van der Waals surface area contributed by atoms with Crippen molar-refractivity contribution in [3.63, 3.8) is 0 Å². The fourth-order valence-electron chi connectivity index (χ4n) is 3.85. The van der Waals surface area contributed by atoms with Crippen molar-refractivity contribution in [1.29, 1.82) is 0 Å². The van der Waals surface area contributed by atoms with Crippen LogP contribution in [0.15, 0.2) is 46.8 Å². The van der Waals surface area contributed by atoms with Gasteiger partial charge >= 0.3 is 0 Å². The van der Waals surface area contributed by atoms with E-state index in [9.17, 15) is 9.59 Å². The van der Waals surface area contributed by atoms with Crippen LogP contribution in [-0.2, 0) is 11.3 Å². The molecule has 3 aromatic rings. The Labute approximate surface area is 162 Å². The van der Waals surface area contributed by atoms with Crippen LogP contribution in [0.3, 0.4) is 0 Å². The van der Waals surface area contributed by atoms with E-state index in [1.807, 2.05) is 35.7 Å². The molecule has 1 aliphatic carbocycles. The monoisotopic (exact) mass is 381 g/mol. The summed E-state index contributed by atoms with van der Waals surface area (Å²) in [6.07, 6.45) is 6.03. The highest BCUT2D eigenvalue weighted by Gasteiger charge is 2.23. The van der Waals surface area contributed by atoms with Crippen LogP contribution in [0, 0.1) is 5.92 Å². The quantitative estimate of drug-likeness (QED) is 0.747. The van der Waals surface area contributed by atoms with Crippen molar-refractivity contribution in [2.75, 3.05) is 0 Å². The molecule has 1 fully saturated rings. The van der Waals surface area contributed by atoms with E-state index < -0.39 is 0 Å². The van der Waals surface area contributed by atoms with Gasteiger partial charge in [-0.25, -0.2) is 4.98 Å². The highest BCUT2D eigenvalue weighted by Crippen LogP contribution is 2.30. The Morgan fingerprint density at radius 2 is 2.04 bits per heavy atom. The van der Waals surface area contributed by atoms with Gasteiger partial charge in [-0.15, -0.1) is 11.3 Å². The Bertz CT molecular complexity index is 1010. The SMILES string of the molecule is C[C@@H]1CCCC[C@@H]1NC(=O)Cn1cnc2scc(-c3ccccc3)c2c1=O. The second-order valence-corrected chi connectivity index (χ2v) is 8.17. The van der Waals surface area contributed by atoms with Gasteiger partial charge in [0.2, 0.25) is 5.91 Å². The highest BCUT2D eigenvalue weighted by atomic mass is 32.1. The molecule has 2 heterocycles. The predicted molar refractivity (Wildman–Crippen MR) is 109 cm³/mol. The van der Waals surface area contributed by atoms with Gasteiger partial charge in [0.15, 0.2) is 0 Å². The van der Waals surface area contributed by atoms with Crippen molar-refractivity contribution in [1.82, 2.24) is 14.9 Å². The van der Waals surface area contributed by atoms with Gasteiger partial charge in [0.1, 0.15) is 11.4 Å². The number of hydrogen-bond donors (Lipinski definition) is 1. The van der Waals surface area contributed by atoms with Gasteiger partial charge in [-0.05, 0) is 24.3 Å². The molecule has 27 heavy (non-hydrogen) atoms. The summed E-state index contributed by atoms with van der Waals surface area (Å²) in [4.78, 5) is 30.6. The molecule has 0 bridgehead atoms. The van der Waals surface area contributed by atoms with Crippen molar-refractivity contribution in [2.45, 2.75) is 45.2 Å². The van der Waals surface area contributed by atoms with E-state index >= 15 is 0 Å². The summed E-state index contributed by atoms with van der Waals surface area (Å²) in [6, 6.07) is 10.0. The number of rotatable bonds is 4. The number of benzene rings is 1. The van der Waals surface area contributed by atoms with Crippen molar-refractivity contribution >= 4 is 27.5 Å². The third kappa shape index (κ3) is 3.67. The summed E-state index contributed by atoms with van der Waals surface area (Å²) in [6.45, 7) is 2.19. The van der Waals surface area contributed by atoms with Gasteiger partial charge in [0, 0.05) is 17.0 Å².